The molecule has 12 heavy (non-hydrogen) atoms. The molecule has 0 radical (unpaired) electrons. The molecule has 0 aliphatic rings. The van der Waals surface area contributed by atoms with E-state index in [0.29, 0.717) is 5.56 Å². The van der Waals surface area contributed by atoms with Crippen LogP contribution in [0.4, 0.5) is 0 Å². The van der Waals surface area contributed by atoms with Crippen molar-refractivity contribution in [2.45, 2.75) is 13.8 Å². The van der Waals surface area contributed by atoms with Gasteiger partial charge in [0.25, 0.3) is 0 Å². The molecule has 64 valence electrons. The minimum atomic E-state index is -0.864. The molecule has 0 aromatic heterocycles. The van der Waals surface area contributed by atoms with E-state index in [4.69, 9.17) is 5.11 Å². The summed E-state index contributed by atoms with van der Waals surface area (Å²) in [6, 6.07) is 5.27. The van der Waals surface area contributed by atoms with Crippen molar-refractivity contribution in [1.29, 1.82) is 0 Å². The Morgan fingerprint density at radius 3 is 1.92 bits per heavy atom. The third kappa shape index (κ3) is 2.89. The number of benzene rings is 1. The van der Waals surface area contributed by atoms with Crippen molar-refractivity contribution in [3.05, 3.63) is 34.9 Å². The van der Waals surface area contributed by atoms with Gasteiger partial charge in [0.15, 0.2) is 0 Å². The topological polar surface area (TPSA) is 37.3 Å². The Labute approximate surface area is 90.4 Å². The number of aryl methyl sites for hydroxylation is 2. The monoisotopic (exact) mass is 268 g/mol. The van der Waals surface area contributed by atoms with Crippen LogP contribution in [-0.4, -0.2) is 36.9 Å². The quantitative estimate of drug-likeness (QED) is 0.818. The van der Waals surface area contributed by atoms with Gasteiger partial charge >= 0.3 is 31.8 Å². The van der Waals surface area contributed by atoms with Crippen molar-refractivity contribution in [1.82, 2.24) is 0 Å². The van der Waals surface area contributed by atoms with E-state index in [2.05, 4.69) is 0 Å². The molecule has 0 aliphatic heterocycles. The summed E-state index contributed by atoms with van der Waals surface area (Å²) in [5.74, 6) is -0.864. The van der Waals surface area contributed by atoms with Crippen LogP contribution in [0, 0.1) is 13.8 Å². The summed E-state index contributed by atoms with van der Waals surface area (Å²) in [6.45, 7) is 3.78. The normalized spacial score (nSPS) is 8.83. The number of carboxylic acid groups (broad SMARTS) is 1. The van der Waals surface area contributed by atoms with E-state index in [9.17, 15) is 4.79 Å². The maximum absolute atomic E-state index is 10.5. The molecule has 0 amide bonds. The van der Waals surface area contributed by atoms with Crippen molar-refractivity contribution < 1.29 is 9.90 Å². The van der Waals surface area contributed by atoms with Gasteiger partial charge in [-0.2, -0.15) is 0 Å². The fourth-order valence-corrected chi connectivity index (χ4v) is 1.10. The predicted octanol–water partition coefficient (Wildman–Crippen LogP) is 0.818. The zero-order chi connectivity index (χ0) is 8.43. The second-order valence-electron chi connectivity index (χ2n) is 2.68. The van der Waals surface area contributed by atoms with Gasteiger partial charge in [-0.1, -0.05) is 17.2 Å². The molecule has 1 N–H and O–H groups in total. The van der Waals surface area contributed by atoms with E-state index in [1.54, 1.807) is 12.1 Å². The Morgan fingerprint density at radius 2 is 1.58 bits per heavy atom. The van der Waals surface area contributed by atoms with E-state index >= 15 is 0 Å². The minimum absolute atomic E-state index is 0. The van der Waals surface area contributed by atoms with Crippen molar-refractivity contribution in [2.75, 3.05) is 0 Å². The SMILES string of the molecule is Cc1cc(C)cc(C(=O)O)c1.[InH3]. The van der Waals surface area contributed by atoms with Gasteiger partial charge in [-0.05, 0) is 26.0 Å². The van der Waals surface area contributed by atoms with Gasteiger partial charge in [0, 0.05) is 0 Å². The van der Waals surface area contributed by atoms with Gasteiger partial charge in [-0.3, -0.25) is 0 Å². The summed E-state index contributed by atoms with van der Waals surface area (Å²) in [7, 11) is 0. The molecule has 2 nitrogen and oxygen atoms in total. The van der Waals surface area contributed by atoms with Crippen LogP contribution >= 0.6 is 0 Å². The molecule has 0 unspecified atom stereocenters. The van der Waals surface area contributed by atoms with Gasteiger partial charge in [-0.15, -0.1) is 0 Å². The van der Waals surface area contributed by atoms with Crippen molar-refractivity contribution in [3.8, 4) is 0 Å². The predicted molar refractivity (Wildman–Crippen MR) is 52.8 cm³/mol. The molecule has 0 aliphatic carbocycles. The summed E-state index contributed by atoms with van der Waals surface area (Å²) in [4.78, 5) is 10.5. The molecule has 0 heterocycles. The second-order valence-corrected chi connectivity index (χ2v) is 2.68. The average Bonchev–Trinajstić information content (AvgIpc) is 1.85. The summed E-state index contributed by atoms with van der Waals surface area (Å²) in [5.41, 5.74) is 2.34. The van der Waals surface area contributed by atoms with Crippen LogP contribution in [-0.2, 0) is 0 Å². The molecule has 0 fully saturated rings. The van der Waals surface area contributed by atoms with E-state index in [0.717, 1.165) is 11.1 Å². The second kappa shape index (κ2) is 4.55. The summed E-state index contributed by atoms with van der Waals surface area (Å²) < 4.78 is 0. The third-order valence-corrected chi connectivity index (χ3v) is 1.47. The van der Waals surface area contributed by atoms with Crippen molar-refractivity contribution >= 4 is 31.8 Å². The molecule has 0 saturated carbocycles. The summed E-state index contributed by atoms with van der Waals surface area (Å²) in [6.07, 6.45) is 0. The van der Waals surface area contributed by atoms with E-state index in [-0.39, 0.29) is 25.8 Å². The summed E-state index contributed by atoms with van der Waals surface area (Å²) >= 11 is 0. The van der Waals surface area contributed by atoms with Crippen molar-refractivity contribution in [2.24, 2.45) is 0 Å². The van der Waals surface area contributed by atoms with Gasteiger partial charge < -0.3 is 5.11 Å². The molecule has 3 heteroatoms. The fraction of sp³-hybridized carbons (Fsp3) is 0.222. The van der Waals surface area contributed by atoms with Crippen LogP contribution in [0.1, 0.15) is 21.5 Å². The molecular weight excluding hydrogens is 255 g/mol. The van der Waals surface area contributed by atoms with Gasteiger partial charge in [0.1, 0.15) is 0 Å². The van der Waals surface area contributed by atoms with Gasteiger partial charge in [-0.25, -0.2) is 4.79 Å². The molecule has 1 aromatic carbocycles. The Bertz CT molecular complexity index is 274. The van der Waals surface area contributed by atoms with Crippen LogP contribution in [0.3, 0.4) is 0 Å². The molecular formula is C9H13InO2. The van der Waals surface area contributed by atoms with Crippen molar-refractivity contribution in [3.63, 3.8) is 0 Å². The van der Waals surface area contributed by atoms with E-state index in [1.165, 1.54) is 0 Å². The standard InChI is InChI=1S/C9H10O2.In.3H/c1-6-3-7(2)5-8(4-6)9(10)11;;;;/h3-5H,1-2H3,(H,10,11);;;;. The molecule has 0 atom stereocenters. The summed E-state index contributed by atoms with van der Waals surface area (Å²) in [5, 5.41) is 8.63. The number of carboxylic acids is 1. The zero-order valence-corrected chi connectivity index (χ0v) is 6.59. The number of carbonyl (C=O) groups is 1. The Balaban J connectivity index is 0.00000121. The number of hydrogen-bond acceptors (Lipinski definition) is 1. The Hall–Kier alpha value is -0.440. The van der Waals surface area contributed by atoms with E-state index < -0.39 is 5.97 Å². The average molecular weight is 268 g/mol. The first kappa shape index (κ1) is 11.6. The first-order valence-corrected chi connectivity index (χ1v) is 3.41. The Morgan fingerprint density at radius 1 is 1.17 bits per heavy atom. The molecule has 1 rings (SSSR count). The molecule has 1 aromatic rings. The van der Waals surface area contributed by atoms with Crippen LogP contribution in [0.15, 0.2) is 18.2 Å². The zero-order valence-electron chi connectivity index (χ0n) is 6.59. The first-order valence-electron chi connectivity index (χ1n) is 3.41. The maximum atomic E-state index is 10.5. The van der Waals surface area contributed by atoms with Crippen LogP contribution in [0.2, 0.25) is 0 Å². The Kier molecular flexibility index (Phi) is 4.39. The van der Waals surface area contributed by atoms with Crippen LogP contribution in [0.5, 0.6) is 0 Å². The number of rotatable bonds is 1. The van der Waals surface area contributed by atoms with Crippen LogP contribution in [0.25, 0.3) is 0 Å². The van der Waals surface area contributed by atoms with E-state index in [1.807, 2.05) is 19.9 Å². The fourth-order valence-electron chi connectivity index (χ4n) is 1.10. The van der Waals surface area contributed by atoms with Crippen LogP contribution < -0.4 is 0 Å². The van der Waals surface area contributed by atoms with Gasteiger partial charge in [0.05, 0.1) is 5.56 Å². The molecule has 0 spiro atoms. The third-order valence-electron chi connectivity index (χ3n) is 1.47. The van der Waals surface area contributed by atoms with Gasteiger partial charge in [0.2, 0.25) is 0 Å². The molecule has 0 saturated heterocycles. The first-order chi connectivity index (χ1) is 5.09. The number of hydrogen-bond donors (Lipinski definition) is 1. The molecule has 0 bridgehead atoms. The number of aromatic carboxylic acids is 1.